The van der Waals surface area contributed by atoms with Crippen molar-refractivity contribution in [1.29, 1.82) is 0 Å². The molecule has 8 nitrogen and oxygen atoms in total. The predicted octanol–water partition coefficient (Wildman–Crippen LogP) is 4.53. The van der Waals surface area contributed by atoms with Crippen LogP contribution in [-0.4, -0.2) is 17.9 Å². The van der Waals surface area contributed by atoms with E-state index in [4.69, 9.17) is 9.15 Å². The number of rotatable bonds is 6. The van der Waals surface area contributed by atoms with Gasteiger partial charge in [0.2, 0.25) is 0 Å². The Morgan fingerprint density at radius 2 is 1.97 bits per heavy atom. The number of anilines is 1. The molecule has 0 aliphatic rings. The Kier molecular flexibility index (Phi) is 5.86. The molecule has 3 rings (SSSR count). The third-order valence-corrected chi connectivity index (χ3v) is 4.90. The van der Waals surface area contributed by atoms with Crippen molar-refractivity contribution in [3.8, 4) is 0 Å². The summed E-state index contributed by atoms with van der Waals surface area (Å²) in [6.45, 7) is 5.91. The number of hydrogen-bond acceptors (Lipinski definition) is 7. The Hall–Kier alpha value is -3.68. The molecule has 0 aliphatic carbocycles. The van der Waals surface area contributed by atoms with Crippen molar-refractivity contribution in [1.82, 2.24) is 0 Å². The number of fused-ring (bicyclic) bond motifs is 1. The summed E-state index contributed by atoms with van der Waals surface area (Å²) in [5.41, 5.74) is 2.61. The SMILES string of the molecule is CNc1ccc(C(=O)OCc2cc(=O)oc3cc(C)c(C(C)C)cc23)cc1[N+](=O)[O-]. The molecule has 156 valence electrons. The van der Waals surface area contributed by atoms with Gasteiger partial charge in [0.1, 0.15) is 17.9 Å². The maximum atomic E-state index is 12.5. The van der Waals surface area contributed by atoms with Gasteiger partial charge in [-0.2, -0.15) is 0 Å². The van der Waals surface area contributed by atoms with E-state index in [1.165, 1.54) is 18.2 Å². The average molecular weight is 410 g/mol. The second-order valence-electron chi connectivity index (χ2n) is 7.27. The van der Waals surface area contributed by atoms with Crippen molar-refractivity contribution < 1.29 is 18.9 Å². The maximum Gasteiger partial charge on any atom is 0.338 e. The van der Waals surface area contributed by atoms with Gasteiger partial charge in [0.15, 0.2) is 0 Å². The van der Waals surface area contributed by atoms with Gasteiger partial charge in [0.25, 0.3) is 5.69 Å². The molecule has 0 aliphatic heterocycles. The lowest BCUT2D eigenvalue weighted by Crippen LogP contribution is -2.09. The van der Waals surface area contributed by atoms with Gasteiger partial charge in [-0.25, -0.2) is 9.59 Å². The summed E-state index contributed by atoms with van der Waals surface area (Å²) in [4.78, 5) is 35.1. The highest BCUT2D eigenvalue weighted by atomic mass is 16.6. The Morgan fingerprint density at radius 1 is 1.23 bits per heavy atom. The molecule has 0 radical (unpaired) electrons. The number of carbonyl (C=O) groups is 1. The second-order valence-corrected chi connectivity index (χ2v) is 7.27. The number of nitrogens with zero attached hydrogens (tertiary/aromatic N) is 1. The van der Waals surface area contributed by atoms with Crippen LogP contribution in [0.3, 0.4) is 0 Å². The van der Waals surface area contributed by atoms with Gasteiger partial charge in [0, 0.05) is 30.1 Å². The molecular formula is C22H22N2O6. The molecular weight excluding hydrogens is 388 g/mol. The molecule has 0 atom stereocenters. The standard InChI is InChI=1S/C22H22N2O6/c1-12(2)16-10-17-15(9-21(25)30-20(17)7-13(16)3)11-29-22(26)14-5-6-18(23-4)19(8-14)24(27)28/h5-10,12,23H,11H2,1-4H3. The molecule has 1 heterocycles. The Labute approximate surface area is 172 Å². The second kappa shape index (κ2) is 8.36. The highest BCUT2D eigenvalue weighted by Crippen LogP contribution is 2.28. The lowest BCUT2D eigenvalue weighted by molar-refractivity contribution is -0.384. The molecule has 8 heteroatoms. The van der Waals surface area contributed by atoms with Gasteiger partial charge in [-0.05, 0) is 48.2 Å². The van der Waals surface area contributed by atoms with Crippen LogP contribution in [0.5, 0.6) is 0 Å². The molecule has 0 unspecified atom stereocenters. The highest BCUT2D eigenvalue weighted by Gasteiger charge is 2.18. The smallest absolute Gasteiger partial charge is 0.338 e. The monoisotopic (exact) mass is 410 g/mol. The van der Waals surface area contributed by atoms with Gasteiger partial charge in [0.05, 0.1) is 10.5 Å². The van der Waals surface area contributed by atoms with E-state index in [2.05, 4.69) is 19.2 Å². The Bertz CT molecular complexity index is 1200. The number of hydrogen-bond donors (Lipinski definition) is 1. The fourth-order valence-electron chi connectivity index (χ4n) is 3.38. The van der Waals surface area contributed by atoms with Crippen LogP contribution in [0.2, 0.25) is 0 Å². The van der Waals surface area contributed by atoms with Gasteiger partial charge >= 0.3 is 11.6 Å². The van der Waals surface area contributed by atoms with Gasteiger partial charge in [-0.1, -0.05) is 13.8 Å². The first kappa shape index (κ1) is 21.0. The zero-order valence-electron chi connectivity index (χ0n) is 17.1. The van der Waals surface area contributed by atoms with E-state index in [0.717, 1.165) is 17.2 Å². The van der Waals surface area contributed by atoms with Gasteiger partial charge < -0.3 is 14.5 Å². The maximum absolute atomic E-state index is 12.5. The minimum Gasteiger partial charge on any atom is -0.457 e. The fraction of sp³-hybridized carbons (Fsp3) is 0.273. The molecule has 0 amide bonds. The first-order valence-electron chi connectivity index (χ1n) is 9.42. The zero-order valence-corrected chi connectivity index (χ0v) is 17.1. The number of benzene rings is 2. The molecule has 2 aromatic carbocycles. The summed E-state index contributed by atoms with van der Waals surface area (Å²) in [6, 6.07) is 9.08. The largest absolute Gasteiger partial charge is 0.457 e. The number of carbonyl (C=O) groups excluding carboxylic acids is 1. The summed E-state index contributed by atoms with van der Waals surface area (Å²) < 4.78 is 10.7. The van der Waals surface area contributed by atoms with Crippen LogP contribution in [0.1, 0.15) is 46.8 Å². The van der Waals surface area contributed by atoms with Crippen LogP contribution in [-0.2, 0) is 11.3 Å². The van der Waals surface area contributed by atoms with Crippen molar-refractivity contribution in [3.63, 3.8) is 0 Å². The lowest BCUT2D eigenvalue weighted by atomic mass is 9.95. The number of nitrogens with one attached hydrogen (secondary N) is 1. The fourth-order valence-corrected chi connectivity index (χ4v) is 3.38. The number of nitro groups is 1. The number of aryl methyl sites for hydroxylation is 1. The third kappa shape index (κ3) is 4.17. The molecule has 0 bridgehead atoms. The highest BCUT2D eigenvalue weighted by molar-refractivity contribution is 5.91. The first-order valence-corrected chi connectivity index (χ1v) is 9.42. The summed E-state index contributed by atoms with van der Waals surface area (Å²) >= 11 is 0. The van der Waals surface area contributed by atoms with Crippen LogP contribution in [0.4, 0.5) is 11.4 Å². The summed E-state index contributed by atoms with van der Waals surface area (Å²) in [5.74, 6) is -0.457. The van der Waals surface area contributed by atoms with Crippen molar-refractivity contribution in [2.75, 3.05) is 12.4 Å². The molecule has 1 aromatic heterocycles. The van der Waals surface area contributed by atoms with E-state index >= 15 is 0 Å². The topological polar surface area (TPSA) is 112 Å². The van der Waals surface area contributed by atoms with Gasteiger partial charge in [-0.3, -0.25) is 10.1 Å². The molecule has 30 heavy (non-hydrogen) atoms. The Morgan fingerprint density at radius 3 is 2.60 bits per heavy atom. The quantitative estimate of drug-likeness (QED) is 0.275. The normalized spacial score (nSPS) is 11.0. The van der Waals surface area contributed by atoms with Gasteiger partial charge in [-0.15, -0.1) is 0 Å². The summed E-state index contributed by atoms with van der Waals surface area (Å²) in [7, 11) is 1.56. The van der Waals surface area contributed by atoms with Crippen LogP contribution in [0.15, 0.2) is 45.6 Å². The number of nitro benzene ring substituents is 1. The molecule has 3 aromatic rings. The minimum atomic E-state index is -0.724. The van der Waals surface area contributed by atoms with E-state index < -0.39 is 16.5 Å². The van der Waals surface area contributed by atoms with E-state index in [0.29, 0.717) is 22.2 Å². The van der Waals surface area contributed by atoms with Crippen LogP contribution in [0.25, 0.3) is 11.0 Å². The number of ether oxygens (including phenoxy) is 1. The van der Waals surface area contributed by atoms with E-state index in [1.54, 1.807) is 13.1 Å². The van der Waals surface area contributed by atoms with Crippen molar-refractivity contribution in [2.24, 2.45) is 0 Å². The van der Waals surface area contributed by atoms with Crippen LogP contribution < -0.4 is 10.9 Å². The van der Waals surface area contributed by atoms with Crippen molar-refractivity contribution >= 4 is 28.3 Å². The molecule has 0 fully saturated rings. The predicted molar refractivity (Wildman–Crippen MR) is 113 cm³/mol. The van der Waals surface area contributed by atoms with Crippen LogP contribution in [0, 0.1) is 17.0 Å². The van der Waals surface area contributed by atoms with Crippen molar-refractivity contribution in [2.45, 2.75) is 33.3 Å². The summed E-state index contributed by atoms with van der Waals surface area (Å²) in [6.07, 6.45) is 0. The zero-order chi connectivity index (χ0) is 22.0. The molecule has 0 spiro atoms. The van der Waals surface area contributed by atoms with E-state index in [9.17, 15) is 19.7 Å². The van der Waals surface area contributed by atoms with E-state index in [1.807, 2.05) is 13.0 Å². The molecule has 0 saturated carbocycles. The average Bonchev–Trinajstić information content (AvgIpc) is 2.70. The molecule has 1 N–H and O–H groups in total. The molecule has 0 saturated heterocycles. The van der Waals surface area contributed by atoms with Crippen molar-refractivity contribution in [3.05, 3.63) is 79.2 Å². The van der Waals surface area contributed by atoms with E-state index in [-0.39, 0.29) is 23.8 Å². The minimum absolute atomic E-state index is 0.0479. The lowest BCUT2D eigenvalue weighted by Gasteiger charge is -2.13. The van der Waals surface area contributed by atoms with Crippen LogP contribution >= 0.6 is 0 Å². The third-order valence-electron chi connectivity index (χ3n) is 4.90. The Balaban J connectivity index is 1.92. The summed E-state index contributed by atoms with van der Waals surface area (Å²) in [5, 5.41) is 14.6. The first-order chi connectivity index (χ1) is 14.2. The number of esters is 1.